The number of phenolic OH excluding ortho intramolecular Hbond substituents is 1. The molecule has 172 valence electrons. The van der Waals surface area contributed by atoms with E-state index in [1.165, 1.54) is 22.8 Å². The molecule has 0 aliphatic rings. The highest BCUT2D eigenvalue weighted by molar-refractivity contribution is 5.63. The van der Waals surface area contributed by atoms with Crippen molar-refractivity contribution in [3.05, 3.63) is 96.8 Å². The lowest BCUT2D eigenvalue weighted by Crippen LogP contribution is -2.23. The Kier molecular flexibility index (Phi) is 6.29. The van der Waals surface area contributed by atoms with Gasteiger partial charge in [0.25, 0.3) is 0 Å². The molecule has 0 atom stereocenters. The number of nitrogens with zero attached hydrogens (tertiary/aromatic N) is 2. The number of phenols is 1. The van der Waals surface area contributed by atoms with Crippen LogP contribution >= 0.6 is 0 Å². The third-order valence-corrected chi connectivity index (χ3v) is 7.22. The summed E-state index contributed by atoms with van der Waals surface area (Å²) < 4.78 is 0. The van der Waals surface area contributed by atoms with Gasteiger partial charge >= 0.3 is 0 Å². The number of rotatable bonds is 6. The molecule has 0 fully saturated rings. The van der Waals surface area contributed by atoms with Crippen LogP contribution in [0.15, 0.2) is 52.8 Å². The molecule has 3 aromatic carbocycles. The molecule has 0 spiro atoms. The highest BCUT2D eigenvalue weighted by atomic mass is 16.3. The summed E-state index contributed by atoms with van der Waals surface area (Å²) in [6, 6.07) is 13.1. The molecule has 0 aliphatic heterocycles. The first-order chi connectivity index (χ1) is 15.3. The van der Waals surface area contributed by atoms with Crippen LogP contribution in [0.25, 0.3) is 0 Å². The zero-order chi connectivity index (χ0) is 24.7. The Morgan fingerprint density at radius 1 is 0.636 bits per heavy atom. The van der Waals surface area contributed by atoms with Gasteiger partial charge < -0.3 is 5.11 Å². The Bertz CT molecular complexity index is 1230. The number of aryl methyl sites for hydroxylation is 3. The number of aromatic hydroxyl groups is 1. The van der Waals surface area contributed by atoms with E-state index in [0.717, 1.165) is 22.3 Å². The van der Waals surface area contributed by atoms with Crippen molar-refractivity contribution in [3.63, 3.8) is 0 Å². The Morgan fingerprint density at radius 2 is 1.15 bits per heavy atom. The molecule has 33 heavy (non-hydrogen) atoms. The Labute approximate surface area is 195 Å². The van der Waals surface area contributed by atoms with E-state index in [1.807, 2.05) is 39.0 Å². The van der Waals surface area contributed by atoms with E-state index in [1.54, 1.807) is 6.07 Å². The first kappa shape index (κ1) is 24.3. The maximum Gasteiger partial charge on any atom is 0.121 e. The number of hydrogen-bond acceptors (Lipinski definition) is 5. The highest BCUT2D eigenvalue weighted by Crippen LogP contribution is 2.46. The Balaban J connectivity index is 2.24. The van der Waals surface area contributed by atoms with Gasteiger partial charge in [0, 0.05) is 22.5 Å². The van der Waals surface area contributed by atoms with Gasteiger partial charge in [-0.15, -0.1) is 9.81 Å². The average molecular weight is 445 g/mol. The molecular formula is C28H32N2O3. The van der Waals surface area contributed by atoms with Crippen molar-refractivity contribution < 1.29 is 5.11 Å². The fourth-order valence-electron chi connectivity index (χ4n) is 4.51. The summed E-state index contributed by atoms with van der Waals surface area (Å²) in [6.45, 7) is 16.3. The van der Waals surface area contributed by atoms with Gasteiger partial charge in [0.2, 0.25) is 0 Å². The predicted molar refractivity (Wildman–Crippen MR) is 135 cm³/mol. The zero-order valence-corrected chi connectivity index (χ0v) is 20.7. The molecule has 0 saturated heterocycles. The smallest absolute Gasteiger partial charge is 0.121 e. The molecular weight excluding hydrogens is 412 g/mol. The molecule has 0 radical (unpaired) electrons. The lowest BCUT2D eigenvalue weighted by atomic mass is 9.71. The molecule has 0 saturated carbocycles. The van der Waals surface area contributed by atoms with Crippen molar-refractivity contribution in [1.82, 2.24) is 0 Å². The predicted octanol–water partition coefficient (Wildman–Crippen LogP) is 8.07. The maximum atomic E-state index is 11.8. The number of nitroso groups, excluding NO2 is 2. The number of hydrogen-bond donors (Lipinski definition) is 1. The average Bonchev–Trinajstić information content (AvgIpc) is 2.76. The molecule has 0 aromatic heterocycles. The van der Waals surface area contributed by atoms with E-state index in [0.29, 0.717) is 11.3 Å². The van der Waals surface area contributed by atoms with Crippen LogP contribution in [0.3, 0.4) is 0 Å². The van der Waals surface area contributed by atoms with Crippen molar-refractivity contribution in [2.24, 2.45) is 10.4 Å². The van der Waals surface area contributed by atoms with Gasteiger partial charge in [-0.25, -0.2) is 0 Å². The fourth-order valence-corrected chi connectivity index (χ4v) is 4.51. The van der Waals surface area contributed by atoms with Crippen LogP contribution in [0.5, 0.6) is 5.75 Å². The van der Waals surface area contributed by atoms with Gasteiger partial charge in [-0.1, -0.05) is 52.0 Å². The molecule has 0 bridgehead atoms. The van der Waals surface area contributed by atoms with Crippen LogP contribution < -0.4 is 0 Å². The lowest BCUT2D eigenvalue weighted by molar-refractivity contribution is 0.452. The second-order valence-electron chi connectivity index (χ2n) is 10.1. The Hall–Kier alpha value is -3.34. The van der Waals surface area contributed by atoms with Crippen LogP contribution in [0, 0.1) is 37.5 Å². The normalized spacial score (nSPS) is 12.0. The molecule has 0 amide bonds. The van der Waals surface area contributed by atoms with Crippen molar-refractivity contribution in [2.75, 3.05) is 0 Å². The minimum atomic E-state index is -0.604. The monoisotopic (exact) mass is 444 g/mol. The van der Waals surface area contributed by atoms with E-state index in [-0.39, 0.29) is 11.4 Å². The van der Waals surface area contributed by atoms with Gasteiger partial charge in [-0.05, 0) is 89.1 Å². The van der Waals surface area contributed by atoms with Gasteiger partial charge in [-0.2, -0.15) is 0 Å². The summed E-state index contributed by atoms with van der Waals surface area (Å²) in [5.41, 5.74) is 7.34. The van der Waals surface area contributed by atoms with Gasteiger partial charge in [0.05, 0.1) is 0 Å². The Morgan fingerprint density at radius 3 is 1.67 bits per heavy atom. The molecule has 0 aliphatic carbocycles. The standard InChI is InChI=1S/C28H32N2O3/c1-16-11-21(12-17(2)19(16)4)28(7,8)23-14-22(25(30-33)15-26(23)31)27(5,6)20-9-10-24(29-32)18(3)13-20/h9-15,31H,1-8H3. The highest BCUT2D eigenvalue weighted by Gasteiger charge is 2.33. The third kappa shape index (κ3) is 4.20. The van der Waals surface area contributed by atoms with Crippen LogP contribution in [0.1, 0.15) is 72.2 Å². The molecule has 3 rings (SSSR count). The maximum absolute atomic E-state index is 11.8. The molecule has 5 heteroatoms. The van der Waals surface area contributed by atoms with Crippen molar-refractivity contribution in [2.45, 2.75) is 66.2 Å². The summed E-state index contributed by atoms with van der Waals surface area (Å²) in [6.07, 6.45) is 0. The molecule has 1 N–H and O–H groups in total. The van der Waals surface area contributed by atoms with Crippen LogP contribution in [0.2, 0.25) is 0 Å². The molecule has 3 aromatic rings. The third-order valence-electron chi connectivity index (χ3n) is 7.22. The number of benzene rings is 3. The zero-order valence-electron chi connectivity index (χ0n) is 20.7. The second-order valence-corrected chi connectivity index (χ2v) is 10.1. The van der Waals surface area contributed by atoms with E-state index in [4.69, 9.17) is 0 Å². The molecule has 0 heterocycles. The van der Waals surface area contributed by atoms with E-state index < -0.39 is 10.8 Å². The first-order valence-electron chi connectivity index (χ1n) is 11.1. The summed E-state index contributed by atoms with van der Waals surface area (Å²) in [7, 11) is 0. The summed E-state index contributed by atoms with van der Waals surface area (Å²) in [5.74, 6) is 0.0433. The van der Waals surface area contributed by atoms with Crippen molar-refractivity contribution >= 4 is 11.4 Å². The van der Waals surface area contributed by atoms with Crippen molar-refractivity contribution in [3.8, 4) is 5.75 Å². The molecule has 5 nitrogen and oxygen atoms in total. The summed E-state index contributed by atoms with van der Waals surface area (Å²) in [4.78, 5) is 22.8. The SMILES string of the molecule is Cc1cc(C(C)(C)c2cc(C(C)(C)c3cc(C)c(C)c(C)c3)c(O)cc2N=O)ccc1N=O. The summed E-state index contributed by atoms with van der Waals surface area (Å²) in [5, 5.41) is 17.2. The first-order valence-corrected chi connectivity index (χ1v) is 11.1. The van der Waals surface area contributed by atoms with Crippen LogP contribution in [-0.4, -0.2) is 5.11 Å². The minimum absolute atomic E-state index is 0.0433. The lowest BCUT2D eigenvalue weighted by Gasteiger charge is -2.32. The largest absolute Gasteiger partial charge is 0.508 e. The van der Waals surface area contributed by atoms with E-state index in [9.17, 15) is 14.9 Å². The summed E-state index contributed by atoms with van der Waals surface area (Å²) >= 11 is 0. The van der Waals surface area contributed by atoms with E-state index in [2.05, 4.69) is 57.1 Å². The molecule has 0 unspecified atom stereocenters. The van der Waals surface area contributed by atoms with Crippen LogP contribution in [-0.2, 0) is 10.8 Å². The fraction of sp³-hybridized carbons (Fsp3) is 0.357. The van der Waals surface area contributed by atoms with Gasteiger partial charge in [0.15, 0.2) is 0 Å². The topological polar surface area (TPSA) is 79.1 Å². The minimum Gasteiger partial charge on any atom is -0.508 e. The van der Waals surface area contributed by atoms with Gasteiger partial charge in [-0.3, -0.25) is 0 Å². The van der Waals surface area contributed by atoms with Crippen molar-refractivity contribution in [1.29, 1.82) is 0 Å². The quantitative estimate of drug-likeness (QED) is 0.390. The van der Waals surface area contributed by atoms with E-state index >= 15 is 0 Å². The van der Waals surface area contributed by atoms with Gasteiger partial charge in [0.1, 0.15) is 17.1 Å². The second kappa shape index (κ2) is 8.54. The van der Waals surface area contributed by atoms with Crippen LogP contribution in [0.4, 0.5) is 11.4 Å².